The molecule has 1 rings (SSSR count). The van der Waals surface area contributed by atoms with Crippen LogP contribution in [0.4, 0.5) is 0 Å². The van der Waals surface area contributed by atoms with Crippen LogP contribution in [0.3, 0.4) is 0 Å². The maximum atomic E-state index is 3.53. The molecule has 1 saturated carbocycles. The number of nitrogens with one attached hydrogen (secondary N) is 1. The molecule has 0 saturated heterocycles. The molecule has 90 valence electrons. The Hall–Kier alpha value is 0.690. The first kappa shape index (κ1) is 13.8. The van der Waals surface area contributed by atoms with Gasteiger partial charge in [-0.2, -0.15) is 0 Å². The molecule has 1 N–H and O–H groups in total. The summed E-state index contributed by atoms with van der Waals surface area (Å²) in [5.74, 6) is 0. The van der Waals surface area contributed by atoms with Crippen molar-refractivity contribution in [3.63, 3.8) is 0 Å². The molecule has 0 aromatic heterocycles. The Balaban J connectivity index is 2.94. The van der Waals surface area contributed by atoms with Gasteiger partial charge in [0.1, 0.15) is 0 Å². The average molecular weight is 323 g/mol. The van der Waals surface area contributed by atoms with E-state index in [1.165, 1.54) is 32.1 Å². The summed E-state index contributed by atoms with van der Waals surface area (Å²) < 4.78 is 3.53. The van der Waals surface area contributed by atoms with E-state index in [4.69, 9.17) is 0 Å². The standard InChI is InChI=1S/C13H26IN/c1-6-13(7-2)9-11(3,4)8-12(5,10-13)15-14/h15H,6-10H2,1-5H3. The molecule has 1 aliphatic rings. The summed E-state index contributed by atoms with van der Waals surface area (Å²) >= 11 is 2.34. The highest BCUT2D eigenvalue weighted by Crippen LogP contribution is 2.53. The van der Waals surface area contributed by atoms with E-state index in [0.29, 0.717) is 16.4 Å². The predicted molar refractivity (Wildman–Crippen MR) is 76.2 cm³/mol. The fraction of sp³-hybridized carbons (Fsp3) is 1.00. The quantitative estimate of drug-likeness (QED) is 0.586. The highest BCUT2D eigenvalue weighted by atomic mass is 127. The van der Waals surface area contributed by atoms with Gasteiger partial charge in [0, 0.05) is 28.4 Å². The summed E-state index contributed by atoms with van der Waals surface area (Å²) in [6.45, 7) is 12.0. The van der Waals surface area contributed by atoms with E-state index in [9.17, 15) is 0 Å². The van der Waals surface area contributed by atoms with Crippen LogP contribution in [0.5, 0.6) is 0 Å². The summed E-state index contributed by atoms with van der Waals surface area (Å²) in [5.41, 5.74) is 1.38. The van der Waals surface area contributed by atoms with Crippen molar-refractivity contribution in [2.24, 2.45) is 10.8 Å². The van der Waals surface area contributed by atoms with Gasteiger partial charge in [0.15, 0.2) is 0 Å². The van der Waals surface area contributed by atoms with Gasteiger partial charge in [-0.3, -0.25) is 3.53 Å². The second kappa shape index (κ2) is 4.52. The molecule has 1 nitrogen and oxygen atoms in total. The molecule has 0 amide bonds. The van der Waals surface area contributed by atoms with Gasteiger partial charge in [-0.1, -0.05) is 40.5 Å². The van der Waals surface area contributed by atoms with Crippen molar-refractivity contribution in [1.82, 2.24) is 3.53 Å². The van der Waals surface area contributed by atoms with E-state index < -0.39 is 0 Å². The molecule has 0 bridgehead atoms. The average Bonchev–Trinajstić information content (AvgIpc) is 2.15. The lowest BCUT2D eigenvalue weighted by Crippen LogP contribution is -2.51. The topological polar surface area (TPSA) is 12.0 Å². The highest BCUT2D eigenvalue weighted by Gasteiger charge is 2.47. The fourth-order valence-electron chi connectivity index (χ4n) is 3.90. The van der Waals surface area contributed by atoms with Crippen molar-refractivity contribution in [1.29, 1.82) is 0 Å². The van der Waals surface area contributed by atoms with Gasteiger partial charge in [-0.25, -0.2) is 0 Å². The summed E-state index contributed by atoms with van der Waals surface area (Å²) in [7, 11) is 0. The summed E-state index contributed by atoms with van der Waals surface area (Å²) in [6.07, 6.45) is 6.66. The largest absolute Gasteiger partial charge is 0.255 e. The van der Waals surface area contributed by atoms with Gasteiger partial charge in [-0.15, -0.1) is 0 Å². The SMILES string of the molecule is CCC1(CC)CC(C)(C)CC(C)(NI)C1. The molecule has 0 aromatic carbocycles. The van der Waals surface area contributed by atoms with Crippen molar-refractivity contribution in [3.05, 3.63) is 0 Å². The third-order valence-corrected chi connectivity index (χ3v) is 5.52. The van der Waals surface area contributed by atoms with Gasteiger partial charge in [0.2, 0.25) is 0 Å². The van der Waals surface area contributed by atoms with Gasteiger partial charge in [0.25, 0.3) is 0 Å². The number of rotatable bonds is 3. The molecule has 0 heterocycles. The second-order valence-corrected chi connectivity index (χ2v) is 7.10. The zero-order valence-electron chi connectivity index (χ0n) is 10.9. The zero-order valence-corrected chi connectivity index (χ0v) is 13.1. The molecule has 0 aliphatic heterocycles. The van der Waals surface area contributed by atoms with Crippen LogP contribution < -0.4 is 3.53 Å². The Morgan fingerprint density at radius 3 is 1.93 bits per heavy atom. The Morgan fingerprint density at radius 2 is 1.53 bits per heavy atom. The van der Waals surface area contributed by atoms with E-state index in [-0.39, 0.29) is 0 Å². The third kappa shape index (κ3) is 3.09. The molecule has 0 spiro atoms. The van der Waals surface area contributed by atoms with E-state index >= 15 is 0 Å². The first-order chi connectivity index (χ1) is 6.80. The molecule has 15 heavy (non-hydrogen) atoms. The molecule has 1 atom stereocenters. The van der Waals surface area contributed by atoms with Gasteiger partial charge < -0.3 is 0 Å². The van der Waals surface area contributed by atoms with Crippen LogP contribution in [-0.2, 0) is 0 Å². The van der Waals surface area contributed by atoms with Crippen molar-refractivity contribution in [3.8, 4) is 0 Å². The van der Waals surface area contributed by atoms with Crippen LogP contribution in [0.25, 0.3) is 0 Å². The monoisotopic (exact) mass is 323 g/mol. The molecule has 1 unspecified atom stereocenters. The number of hydrogen-bond donors (Lipinski definition) is 1. The van der Waals surface area contributed by atoms with Crippen LogP contribution >= 0.6 is 22.9 Å². The summed E-state index contributed by atoms with van der Waals surface area (Å²) in [4.78, 5) is 0. The minimum atomic E-state index is 0.328. The van der Waals surface area contributed by atoms with Crippen molar-refractivity contribution in [2.45, 2.75) is 72.3 Å². The molecule has 0 radical (unpaired) electrons. The maximum absolute atomic E-state index is 3.53. The maximum Gasteiger partial charge on any atom is 0.0256 e. The number of halogens is 1. The third-order valence-electron chi connectivity index (χ3n) is 4.22. The Labute approximate surface area is 109 Å². The molecule has 1 aliphatic carbocycles. The van der Waals surface area contributed by atoms with Crippen molar-refractivity contribution in [2.75, 3.05) is 0 Å². The van der Waals surface area contributed by atoms with Crippen LogP contribution in [0, 0.1) is 10.8 Å². The Bertz CT molecular complexity index is 221. The molecule has 0 aromatic rings. The van der Waals surface area contributed by atoms with Crippen LogP contribution in [0.15, 0.2) is 0 Å². The Kier molecular flexibility index (Phi) is 4.14. The van der Waals surface area contributed by atoms with E-state index in [1.54, 1.807) is 0 Å². The van der Waals surface area contributed by atoms with Crippen molar-refractivity contribution >= 4 is 22.9 Å². The van der Waals surface area contributed by atoms with Gasteiger partial charge >= 0.3 is 0 Å². The molecular formula is C13H26IN. The molecule has 2 heteroatoms. The molecular weight excluding hydrogens is 297 g/mol. The lowest BCUT2D eigenvalue weighted by molar-refractivity contribution is 0.0214. The lowest BCUT2D eigenvalue weighted by atomic mass is 9.56. The molecule has 1 fully saturated rings. The normalized spacial score (nSPS) is 34.0. The summed E-state index contributed by atoms with van der Waals surface area (Å²) in [5, 5.41) is 0. The smallest absolute Gasteiger partial charge is 0.0256 e. The van der Waals surface area contributed by atoms with Gasteiger partial charge in [-0.05, 0) is 37.0 Å². The predicted octanol–water partition coefficient (Wildman–Crippen LogP) is 4.70. The van der Waals surface area contributed by atoms with Gasteiger partial charge in [0.05, 0.1) is 0 Å². The van der Waals surface area contributed by atoms with Crippen LogP contribution in [0.2, 0.25) is 0 Å². The van der Waals surface area contributed by atoms with Crippen LogP contribution in [0.1, 0.15) is 66.7 Å². The summed E-state index contributed by atoms with van der Waals surface area (Å²) in [6, 6.07) is 0. The minimum absolute atomic E-state index is 0.328. The second-order valence-electron chi connectivity index (χ2n) is 6.56. The van der Waals surface area contributed by atoms with E-state index in [1.807, 2.05) is 0 Å². The highest BCUT2D eigenvalue weighted by molar-refractivity contribution is 14.1. The van der Waals surface area contributed by atoms with Crippen molar-refractivity contribution < 1.29 is 0 Å². The lowest BCUT2D eigenvalue weighted by Gasteiger charge is -2.52. The Morgan fingerprint density at radius 1 is 1.00 bits per heavy atom. The first-order valence-corrected chi connectivity index (χ1v) is 7.26. The van der Waals surface area contributed by atoms with Crippen LogP contribution in [-0.4, -0.2) is 5.54 Å². The fourth-order valence-corrected chi connectivity index (χ4v) is 4.28. The minimum Gasteiger partial charge on any atom is -0.255 e. The first-order valence-electron chi connectivity index (χ1n) is 6.18. The van der Waals surface area contributed by atoms with E-state index in [2.05, 4.69) is 61.0 Å². The van der Waals surface area contributed by atoms with E-state index in [0.717, 1.165) is 0 Å². The zero-order chi connectivity index (χ0) is 11.7. The number of hydrogen-bond acceptors (Lipinski definition) is 1.